The zero-order chi connectivity index (χ0) is 20.2. The highest BCUT2D eigenvalue weighted by Crippen LogP contribution is 2.21. The molecular formula is C21H20F2N4OS. The van der Waals surface area contributed by atoms with Gasteiger partial charge in [-0.25, -0.2) is 13.8 Å². The van der Waals surface area contributed by atoms with Crippen LogP contribution < -0.4 is 4.90 Å². The van der Waals surface area contributed by atoms with Gasteiger partial charge in [0.25, 0.3) is 5.91 Å². The molecular weight excluding hydrogens is 394 g/mol. The molecule has 1 saturated heterocycles. The van der Waals surface area contributed by atoms with Gasteiger partial charge in [-0.1, -0.05) is 24.3 Å². The second kappa shape index (κ2) is 8.65. The number of nitrogens with zero attached hydrogens (tertiary/aromatic N) is 4. The van der Waals surface area contributed by atoms with Gasteiger partial charge in [-0.15, -0.1) is 0 Å². The Morgan fingerprint density at radius 2 is 1.79 bits per heavy atom. The first-order chi connectivity index (χ1) is 14.1. The number of rotatable bonds is 4. The van der Waals surface area contributed by atoms with Crippen LogP contribution in [0.1, 0.15) is 28.2 Å². The van der Waals surface area contributed by atoms with E-state index in [9.17, 15) is 13.6 Å². The third-order valence-corrected chi connectivity index (χ3v) is 5.71. The smallest absolute Gasteiger partial charge is 0.256 e. The lowest BCUT2D eigenvalue weighted by Gasteiger charge is -2.21. The fraction of sp³-hybridized carbons (Fsp3) is 0.286. The molecule has 1 amide bonds. The van der Waals surface area contributed by atoms with Crippen molar-refractivity contribution in [3.8, 4) is 0 Å². The summed E-state index contributed by atoms with van der Waals surface area (Å²) in [6.45, 7) is 2.45. The lowest BCUT2D eigenvalue weighted by atomic mass is 10.1. The molecule has 2 heterocycles. The molecule has 150 valence electrons. The van der Waals surface area contributed by atoms with Crippen molar-refractivity contribution in [2.45, 2.75) is 12.8 Å². The molecule has 1 aromatic heterocycles. The van der Waals surface area contributed by atoms with Crippen LogP contribution in [0.4, 0.5) is 13.9 Å². The van der Waals surface area contributed by atoms with E-state index in [2.05, 4.69) is 14.3 Å². The molecule has 4 rings (SSSR count). The second-order valence-electron chi connectivity index (χ2n) is 6.91. The van der Waals surface area contributed by atoms with Gasteiger partial charge in [0.2, 0.25) is 5.13 Å². The maximum Gasteiger partial charge on any atom is 0.256 e. The fourth-order valence-corrected chi connectivity index (χ4v) is 4.08. The summed E-state index contributed by atoms with van der Waals surface area (Å²) >= 11 is 1.32. The number of halogens is 2. The third kappa shape index (κ3) is 4.59. The van der Waals surface area contributed by atoms with Gasteiger partial charge >= 0.3 is 0 Å². The number of carbonyl (C=O) groups excluding carboxylic acids is 1. The van der Waals surface area contributed by atoms with E-state index in [0.29, 0.717) is 31.9 Å². The Labute approximate surface area is 171 Å². The molecule has 0 radical (unpaired) electrons. The number of aromatic nitrogens is 2. The highest BCUT2D eigenvalue weighted by Gasteiger charge is 2.23. The first-order valence-electron chi connectivity index (χ1n) is 9.46. The third-order valence-electron chi connectivity index (χ3n) is 4.89. The molecule has 1 fully saturated rings. The van der Waals surface area contributed by atoms with Crippen molar-refractivity contribution in [3.05, 3.63) is 77.1 Å². The van der Waals surface area contributed by atoms with Crippen molar-refractivity contribution in [2.75, 3.05) is 31.1 Å². The van der Waals surface area contributed by atoms with Crippen LogP contribution in [0.15, 0.2) is 48.5 Å². The molecule has 2 aromatic carbocycles. The van der Waals surface area contributed by atoms with Crippen LogP contribution in [-0.2, 0) is 6.42 Å². The van der Waals surface area contributed by atoms with Crippen LogP contribution in [-0.4, -0.2) is 46.3 Å². The summed E-state index contributed by atoms with van der Waals surface area (Å²) in [5.41, 5.74) is 1.06. The number of carbonyl (C=O) groups is 1. The summed E-state index contributed by atoms with van der Waals surface area (Å²) in [5, 5.41) is 0.808. The molecule has 0 bridgehead atoms. The van der Waals surface area contributed by atoms with E-state index in [1.807, 2.05) is 0 Å². The Morgan fingerprint density at radius 1 is 1.00 bits per heavy atom. The average Bonchev–Trinajstić information content (AvgIpc) is 3.04. The molecule has 0 saturated carbocycles. The summed E-state index contributed by atoms with van der Waals surface area (Å²) < 4.78 is 31.4. The Kier molecular flexibility index (Phi) is 5.80. The lowest BCUT2D eigenvalue weighted by molar-refractivity contribution is 0.0762. The number of benzene rings is 2. The summed E-state index contributed by atoms with van der Waals surface area (Å²) in [6, 6.07) is 12.4. The molecule has 1 aliphatic heterocycles. The zero-order valence-electron chi connectivity index (χ0n) is 15.7. The first-order valence-corrected chi connectivity index (χ1v) is 10.2. The Morgan fingerprint density at radius 3 is 2.59 bits per heavy atom. The molecule has 0 N–H and O–H groups in total. The van der Waals surface area contributed by atoms with Crippen molar-refractivity contribution in [1.82, 2.24) is 14.3 Å². The van der Waals surface area contributed by atoms with E-state index < -0.39 is 5.82 Å². The molecule has 0 spiro atoms. The van der Waals surface area contributed by atoms with Crippen LogP contribution in [0.5, 0.6) is 0 Å². The minimum absolute atomic E-state index is 0.110. The van der Waals surface area contributed by atoms with Gasteiger partial charge in [0.15, 0.2) is 0 Å². The summed E-state index contributed by atoms with van der Waals surface area (Å²) in [6.07, 6.45) is 1.32. The predicted molar refractivity (Wildman–Crippen MR) is 108 cm³/mol. The highest BCUT2D eigenvalue weighted by atomic mass is 32.1. The molecule has 3 aromatic rings. The largest absolute Gasteiger partial charge is 0.345 e. The Bertz CT molecular complexity index is 992. The van der Waals surface area contributed by atoms with E-state index >= 15 is 0 Å². The number of amides is 1. The molecule has 0 aliphatic carbocycles. The number of anilines is 1. The van der Waals surface area contributed by atoms with Crippen LogP contribution in [0.2, 0.25) is 0 Å². The highest BCUT2D eigenvalue weighted by molar-refractivity contribution is 7.09. The van der Waals surface area contributed by atoms with Gasteiger partial charge in [-0.3, -0.25) is 4.79 Å². The van der Waals surface area contributed by atoms with Gasteiger partial charge < -0.3 is 9.80 Å². The number of hydrogen-bond donors (Lipinski definition) is 0. The zero-order valence-corrected chi connectivity index (χ0v) is 16.5. The maximum absolute atomic E-state index is 13.9. The SMILES string of the molecule is O=C(c1ccccc1F)N1CCCN(c2nc(Cc3ccc(F)cc3)ns2)CC1. The lowest BCUT2D eigenvalue weighted by Crippen LogP contribution is -2.35. The van der Waals surface area contributed by atoms with E-state index in [1.54, 1.807) is 29.2 Å². The van der Waals surface area contributed by atoms with Crippen molar-refractivity contribution >= 4 is 22.6 Å². The number of hydrogen-bond acceptors (Lipinski definition) is 5. The maximum atomic E-state index is 13.9. The first kappa shape index (κ1) is 19.4. The van der Waals surface area contributed by atoms with Gasteiger partial charge in [-0.2, -0.15) is 4.37 Å². The van der Waals surface area contributed by atoms with Gasteiger partial charge in [0, 0.05) is 44.1 Å². The second-order valence-corrected chi connectivity index (χ2v) is 7.64. The summed E-state index contributed by atoms with van der Waals surface area (Å²) in [7, 11) is 0. The van der Waals surface area contributed by atoms with Gasteiger partial charge in [-0.05, 0) is 36.2 Å². The van der Waals surface area contributed by atoms with Crippen molar-refractivity contribution in [3.63, 3.8) is 0 Å². The molecule has 0 atom stereocenters. The quantitative estimate of drug-likeness (QED) is 0.652. The van der Waals surface area contributed by atoms with Crippen LogP contribution in [0, 0.1) is 11.6 Å². The minimum Gasteiger partial charge on any atom is -0.345 e. The standard InChI is InChI=1S/C21H20F2N4OS/c22-16-8-6-15(7-9-16)14-19-24-21(29-25-19)27-11-3-10-26(12-13-27)20(28)17-4-1-2-5-18(17)23/h1-2,4-9H,3,10-14H2. The average molecular weight is 414 g/mol. The van der Waals surface area contributed by atoms with Crippen molar-refractivity contribution < 1.29 is 13.6 Å². The predicted octanol–water partition coefficient (Wildman–Crippen LogP) is 3.76. The van der Waals surface area contributed by atoms with Crippen LogP contribution in [0.3, 0.4) is 0 Å². The van der Waals surface area contributed by atoms with E-state index in [0.717, 1.165) is 23.7 Å². The van der Waals surface area contributed by atoms with E-state index in [-0.39, 0.29) is 17.3 Å². The van der Waals surface area contributed by atoms with Crippen LogP contribution in [0.25, 0.3) is 0 Å². The van der Waals surface area contributed by atoms with Gasteiger partial charge in [0.1, 0.15) is 17.5 Å². The molecule has 8 heteroatoms. The van der Waals surface area contributed by atoms with Crippen LogP contribution >= 0.6 is 11.5 Å². The molecule has 5 nitrogen and oxygen atoms in total. The molecule has 0 unspecified atom stereocenters. The van der Waals surface area contributed by atoms with E-state index in [4.69, 9.17) is 0 Å². The fourth-order valence-electron chi connectivity index (χ4n) is 3.35. The van der Waals surface area contributed by atoms with Crippen molar-refractivity contribution in [2.24, 2.45) is 0 Å². The van der Waals surface area contributed by atoms with Gasteiger partial charge in [0.05, 0.1) is 5.56 Å². The normalized spacial score (nSPS) is 14.7. The summed E-state index contributed by atoms with van der Waals surface area (Å²) in [4.78, 5) is 21.1. The minimum atomic E-state index is -0.492. The monoisotopic (exact) mass is 414 g/mol. The molecule has 29 heavy (non-hydrogen) atoms. The Hall–Kier alpha value is -2.87. The Balaban J connectivity index is 1.40. The molecule has 1 aliphatic rings. The summed E-state index contributed by atoms with van der Waals surface area (Å²) in [5.74, 6) is -0.341. The van der Waals surface area contributed by atoms with Crippen molar-refractivity contribution in [1.29, 1.82) is 0 Å². The topological polar surface area (TPSA) is 49.3 Å². The van der Waals surface area contributed by atoms with E-state index in [1.165, 1.54) is 35.8 Å².